The van der Waals surface area contributed by atoms with E-state index in [9.17, 15) is 9.59 Å². The van der Waals surface area contributed by atoms with Gasteiger partial charge in [0.15, 0.2) is 0 Å². The number of carbonyl (C=O) groups excluding carboxylic acids is 1. The molecule has 2 aromatic heterocycles. The largest absolute Gasteiger partial charge is 0.383 e. The molecule has 7 nitrogen and oxygen atoms in total. The Kier molecular flexibility index (Phi) is 4.61. The number of nitrogens with zero attached hydrogens (tertiary/aromatic N) is 3. The van der Waals surface area contributed by atoms with Crippen LogP contribution >= 0.6 is 0 Å². The third kappa shape index (κ3) is 2.90. The molecule has 0 aliphatic carbocycles. The van der Waals surface area contributed by atoms with Crippen molar-refractivity contribution < 1.29 is 9.53 Å². The monoisotopic (exact) mass is 328 g/mol. The standard InChI is InChI=1S/C17H20N4O3/c1-3-15-19-20(11-16(22)18-8-9-24-2)17(23)14-10-12-6-4-5-7-13(12)21(14)15/h4-7,10H,3,8-9,11H2,1-2H3,(H,18,22). The lowest BCUT2D eigenvalue weighted by Crippen LogP contribution is -2.36. The van der Waals surface area contributed by atoms with Gasteiger partial charge in [0.2, 0.25) is 5.91 Å². The molecule has 0 radical (unpaired) electrons. The number of aromatic nitrogens is 3. The van der Waals surface area contributed by atoms with Crippen molar-refractivity contribution in [3.63, 3.8) is 0 Å². The topological polar surface area (TPSA) is 77.6 Å². The summed E-state index contributed by atoms with van der Waals surface area (Å²) in [7, 11) is 1.57. The van der Waals surface area contributed by atoms with Crippen LogP contribution in [0.4, 0.5) is 0 Å². The van der Waals surface area contributed by atoms with Crippen LogP contribution in [0.25, 0.3) is 16.4 Å². The number of fused-ring (bicyclic) bond motifs is 3. The van der Waals surface area contributed by atoms with E-state index in [0.29, 0.717) is 25.1 Å². The van der Waals surface area contributed by atoms with Gasteiger partial charge in [-0.05, 0) is 12.1 Å². The van der Waals surface area contributed by atoms with Crippen molar-refractivity contribution >= 4 is 22.3 Å². The summed E-state index contributed by atoms with van der Waals surface area (Å²) in [5.74, 6) is 0.486. The zero-order chi connectivity index (χ0) is 17.1. The van der Waals surface area contributed by atoms with Crippen molar-refractivity contribution in [1.29, 1.82) is 0 Å². The first-order valence-electron chi connectivity index (χ1n) is 7.91. The molecule has 1 N–H and O–H groups in total. The summed E-state index contributed by atoms with van der Waals surface area (Å²) in [5, 5.41) is 8.07. The Hall–Kier alpha value is -2.67. The number of para-hydroxylation sites is 1. The van der Waals surface area contributed by atoms with Crippen LogP contribution in [0.3, 0.4) is 0 Å². The summed E-state index contributed by atoms with van der Waals surface area (Å²) < 4.78 is 8.00. The number of hydrogen-bond acceptors (Lipinski definition) is 4. The fourth-order valence-corrected chi connectivity index (χ4v) is 2.77. The Labute approximate surface area is 138 Å². The van der Waals surface area contributed by atoms with Gasteiger partial charge in [-0.2, -0.15) is 5.10 Å². The van der Waals surface area contributed by atoms with Crippen molar-refractivity contribution in [3.05, 3.63) is 46.5 Å². The Morgan fingerprint density at radius 2 is 2.08 bits per heavy atom. The third-order valence-electron chi connectivity index (χ3n) is 3.90. The predicted octanol–water partition coefficient (Wildman–Crippen LogP) is 0.974. The molecule has 0 aliphatic heterocycles. The number of amides is 1. The molecule has 1 aromatic carbocycles. The number of benzene rings is 1. The fourth-order valence-electron chi connectivity index (χ4n) is 2.77. The fraction of sp³-hybridized carbons (Fsp3) is 0.353. The molecule has 0 saturated carbocycles. The minimum absolute atomic E-state index is 0.104. The lowest BCUT2D eigenvalue weighted by molar-refractivity contribution is -0.122. The van der Waals surface area contributed by atoms with Gasteiger partial charge in [-0.25, -0.2) is 4.68 Å². The number of ether oxygens (including phenoxy) is 1. The highest BCUT2D eigenvalue weighted by Gasteiger charge is 2.14. The molecule has 0 unspecified atom stereocenters. The SMILES string of the molecule is CCc1nn(CC(=O)NCCOC)c(=O)c2cc3ccccc3n12. The maximum absolute atomic E-state index is 12.7. The number of aryl methyl sites for hydroxylation is 1. The summed E-state index contributed by atoms with van der Waals surface area (Å²) in [6, 6.07) is 9.64. The quantitative estimate of drug-likeness (QED) is 0.684. The predicted molar refractivity (Wildman–Crippen MR) is 91.2 cm³/mol. The summed E-state index contributed by atoms with van der Waals surface area (Å²) in [6.07, 6.45) is 0.654. The molecule has 1 amide bonds. The van der Waals surface area contributed by atoms with Crippen molar-refractivity contribution in [2.45, 2.75) is 19.9 Å². The molecule has 2 heterocycles. The van der Waals surface area contributed by atoms with Gasteiger partial charge in [0.05, 0.1) is 12.1 Å². The average Bonchev–Trinajstić information content (AvgIpc) is 2.98. The van der Waals surface area contributed by atoms with Crippen LogP contribution in [0, 0.1) is 0 Å². The van der Waals surface area contributed by atoms with E-state index in [1.165, 1.54) is 4.68 Å². The highest BCUT2D eigenvalue weighted by Crippen LogP contribution is 2.19. The maximum atomic E-state index is 12.7. The van der Waals surface area contributed by atoms with E-state index in [2.05, 4.69) is 10.4 Å². The highest BCUT2D eigenvalue weighted by atomic mass is 16.5. The minimum Gasteiger partial charge on any atom is -0.383 e. The Morgan fingerprint density at radius 1 is 1.29 bits per heavy atom. The second-order valence-electron chi connectivity index (χ2n) is 5.50. The van der Waals surface area contributed by atoms with Crippen LogP contribution in [-0.2, 0) is 22.5 Å². The molecule has 3 aromatic rings. The second-order valence-corrected chi connectivity index (χ2v) is 5.50. The minimum atomic E-state index is -0.273. The highest BCUT2D eigenvalue weighted by molar-refractivity contribution is 5.87. The molecule has 0 fully saturated rings. The van der Waals surface area contributed by atoms with E-state index < -0.39 is 0 Å². The first-order valence-corrected chi connectivity index (χ1v) is 7.91. The van der Waals surface area contributed by atoms with Gasteiger partial charge in [-0.1, -0.05) is 25.1 Å². The Bertz CT molecular complexity index is 942. The number of hydrogen-bond donors (Lipinski definition) is 1. The molecule has 126 valence electrons. The average molecular weight is 328 g/mol. The van der Waals surface area contributed by atoms with E-state index in [4.69, 9.17) is 4.74 Å². The molecule has 0 saturated heterocycles. The van der Waals surface area contributed by atoms with Gasteiger partial charge in [0, 0.05) is 25.5 Å². The van der Waals surface area contributed by atoms with Gasteiger partial charge in [-0.3, -0.25) is 14.0 Å². The number of rotatable bonds is 6. The molecular weight excluding hydrogens is 308 g/mol. The normalized spacial score (nSPS) is 11.2. The van der Waals surface area contributed by atoms with Crippen LogP contribution in [0.1, 0.15) is 12.7 Å². The van der Waals surface area contributed by atoms with Crippen LogP contribution in [0.2, 0.25) is 0 Å². The number of carbonyl (C=O) groups is 1. The summed E-state index contributed by atoms with van der Waals surface area (Å²) in [6.45, 7) is 2.71. The first-order chi connectivity index (χ1) is 11.7. The third-order valence-corrected chi connectivity index (χ3v) is 3.90. The molecule has 7 heteroatoms. The van der Waals surface area contributed by atoms with Gasteiger partial charge >= 0.3 is 0 Å². The molecule has 0 atom stereocenters. The van der Waals surface area contributed by atoms with Gasteiger partial charge in [0.1, 0.15) is 17.9 Å². The van der Waals surface area contributed by atoms with Crippen molar-refractivity contribution in [2.24, 2.45) is 0 Å². The Balaban J connectivity index is 2.04. The van der Waals surface area contributed by atoms with Crippen molar-refractivity contribution in [3.8, 4) is 0 Å². The zero-order valence-corrected chi connectivity index (χ0v) is 13.8. The van der Waals surface area contributed by atoms with Crippen LogP contribution < -0.4 is 10.9 Å². The maximum Gasteiger partial charge on any atom is 0.291 e. The zero-order valence-electron chi connectivity index (χ0n) is 13.8. The Morgan fingerprint density at radius 3 is 2.83 bits per heavy atom. The molecule has 0 bridgehead atoms. The van der Waals surface area contributed by atoms with Gasteiger partial charge < -0.3 is 10.1 Å². The number of nitrogens with one attached hydrogen (secondary N) is 1. The molecule has 0 spiro atoms. The molecule has 24 heavy (non-hydrogen) atoms. The van der Waals surface area contributed by atoms with E-state index in [-0.39, 0.29) is 18.0 Å². The first kappa shape index (κ1) is 16.2. The van der Waals surface area contributed by atoms with E-state index >= 15 is 0 Å². The van der Waals surface area contributed by atoms with Gasteiger partial charge in [0.25, 0.3) is 5.56 Å². The van der Waals surface area contributed by atoms with Crippen molar-refractivity contribution in [2.75, 3.05) is 20.3 Å². The smallest absolute Gasteiger partial charge is 0.291 e. The van der Waals surface area contributed by atoms with E-state index in [1.54, 1.807) is 7.11 Å². The van der Waals surface area contributed by atoms with E-state index in [1.807, 2.05) is 41.7 Å². The second kappa shape index (κ2) is 6.84. The number of methoxy groups -OCH3 is 1. The summed E-state index contributed by atoms with van der Waals surface area (Å²) in [5.41, 5.74) is 1.21. The molecule has 3 rings (SSSR count). The van der Waals surface area contributed by atoms with Crippen molar-refractivity contribution in [1.82, 2.24) is 19.5 Å². The summed E-state index contributed by atoms with van der Waals surface area (Å²) in [4.78, 5) is 24.7. The molecule has 0 aliphatic rings. The lowest BCUT2D eigenvalue weighted by atomic mass is 10.2. The molecular formula is C17H20N4O3. The van der Waals surface area contributed by atoms with E-state index in [0.717, 1.165) is 16.7 Å². The van der Waals surface area contributed by atoms with Crippen LogP contribution in [-0.4, -0.2) is 40.3 Å². The summed E-state index contributed by atoms with van der Waals surface area (Å²) >= 11 is 0. The van der Waals surface area contributed by atoms with Crippen LogP contribution in [0.5, 0.6) is 0 Å². The van der Waals surface area contributed by atoms with Crippen LogP contribution in [0.15, 0.2) is 35.1 Å². The lowest BCUT2D eigenvalue weighted by Gasteiger charge is -2.10. The van der Waals surface area contributed by atoms with Gasteiger partial charge in [-0.15, -0.1) is 0 Å².